The van der Waals surface area contributed by atoms with Gasteiger partial charge in [-0.2, -0.15) is 0 Å². The van der Waals surface area contributed by atoms with Crippen molar-refractivity contribution >= 4 is 5.97 Å². The van der Waals surface area contributed by atoms with Gasteiger partial charge in [0, 0.05) is 32.3 Å². The largest absolute Gasteiger partial charge is 0.481 e. The maximum atomic E-state index is 12.1. The average molecular weight is 421 g/mol. The number of carboxylic acids is 1. The Morgan fingerprint density at radius 3 is 2.47 bits per heavy atom. The second-order valence-electron chi connectivity index (χ2n) is 7.32. The van der Waals surface area contributed by atoms with Crippen molar-refractivity contribution in [2.24, 2.45) is 5.92 Å². The predicted octanol–water partition coefficient (Wildman–Crippen LogP) is 4.94. The summed E-state index contributed by atoms with van der Waals surface area (Å²) in [5.41, 5.74) is 2.85. The molecule has 0 saturated heterocycles. The Kier molecular flexibility index (Phi) is 12.7. The number of hydrogen-bond acceptors (Lipinski definition) is 5. The molecule has 1 aromatic carbocycles. The van der Waals surface area contributed by atoms with Crippen LogP contribution in [0.3, 0.4) is 0 Å². The molecule has 0 aromatic heterocycles. The summed E-state index contributed by atoms with van der Waals surface area (Å²) in [5.74, 6) is -1.20. The molecular formula is C24H36O6. The highest BCUT2D eigenvalue weighted by atomic mass is 16.7. The topological polar surface area (TPSA) is 74.2 Å². The fourth-order valence-electron chi connectivity index (χ4n) is 3.33. The number of hydrogen-bond donors (Lipinski definition) is 1. The molecule has 0 heterocycles. The Morgan fingerprint density at radius 1 is 1.13 bits per heavy atom. The van der Waals surface area contributed by atoms with E-state index in [-0.39, 0.29) is 12.7 Å². The number of rotatable bonds is 15. The number of para-hydroxylation sites is 1. The first-order valence-electron chi connectivity index (χ1n) is 10.3. The van der Waals surface area contributed by atoms with Gasteiger partial charge in [-0.1, -0.05) is 42.0 Å². The van der Waals surface area contributed by atoms with Crippen molar-refractivity contribution in [3.63, 3.8) is 0 Å². The van der Waals surface area contributed by atoms with Crippen molar-refractivity contribution in [1.29, 1.82) is 0 Å². The Bertz CT molecular complexity index is 691. The zero-order chi connectivity index (χ0) is 22.4. The second-order valence-corrected chi connectivity index (χ2v) is 7.32. The van der Waals surface area contributed by atoms with Crippen molar-refractivity contribution in [2.75, 3.05) is 34.4 Å². The summed E-state index contributed by atoms with van der Waals surface area (Å²) < 4.78 is 21.3. The molecule has 1 rings (SSSR count). The van der Waals surface area contributed by atoms with Gasteiger partial charge in [0.05, 0.1) is 5.92 Å². The van der Waals surface area contributed by atoms with Gasteiger partial charge in [0.25, 0.3) is 0 Å². The van der Waals surface area contributed by atoms with E-state index in [2.05, 4.69) is 0 Å². The second kappa shape index (κ2) is 14.8. The van der Waals surface area contributed by atoms with E-state index < -0.39 is 11.9 Å². The van der Waals surface area contributed by atoms with Crippen LogP contribution in [0.1, 0.15) is 50.7 Å². The van der Waals surface area contributed by atoms with E-state index in [1.165, 1.54) is 0 Å². The molecule has 0 unspecified atom stereocenters. The third kappa shape index (κ3) is 8.69. The number of aliphatic carboxylic acids is 1. The van der Waals surface area contributed by atoms with Gasteiger partial charge in [-0.05, 0) is 45.6 Å². The van der Waals surface area contributed by atoms with Crippen molar-refractivity contribution in [3.05, 3.63) is 53.1 Å². The van der Waals surface area contributed by atoms with Crippen LogP contribution in [-0.2, 0) is 25.4 Å². The molecule has 0 bridgehead atoms. The third-order valence-electron chi connectivity index (χ3n) is 4.58. The highest BCUT2D eigenvalue weighted by molar-refractivity contribution is 5.74. The summed E-state index contributed by atoms with van der Waals surface area (Å²) in [6.07, 6.45) is 8.22. The minimum absolute atomic E-state index is 0.101. The zero-order valence-corrected chi connectivity index (χ0v) is 18.8. The highest BCUT2D eigenvalue weighted by Gasteiger charge is 2.28. The van der Waals surface area contributed by atoms with Crippen LogP contribution in [-0.4, -0.2) is 45.5 Å². The molecule has 0 fully saturated rings. The molecule has 0 saturated carbocycles. The summed E-state index contributed by atoms with van der Waals surface area (Å²) in [6, 6.07) is 5.92. The number of unbranched alkanes of at least 4 members (excludes halogenated alkanes) is 1. The molecular weight excluding hydrogens is 384 g/mol. The third-order valence-corrected chi connectivity index (χ3v) is 4.58. The molecule has 1 aromatic rings. The van der Waals surface area contributed by atoms with Gasteiger partial charge >= 0.3 is 5.97 Å². The summed E-state index contributed by atoms with van der Waals surface area (Å²) in [5, 5.41) is 9.89. The van der Waals surface area contributed by atoms with Crippen LogP contribution in [0.4, 0.5) is 0 Å². The van der Waals surface area contributed by atoms with E-state index >= 15 is 0 Å². The van der Waals surface area contributed by atoms with E-state index in [1.54, 1.807) is 20.3 Å². The molecule has 0 spiro atoms. The molecule has 6 heteroatoms. The maximum absolute atomic E-state index is 12.1. The Labute approximate surface area is 180 Å². The molecule has 2 atom stereocenters. The smallest absolute Gasteiger partial charge is 0.311 e. The van der Waals surface area contributed by atoms with Crippen LogP contribution in [0.2, 0.25) is 0 Å². The molecule has 0 aliphatic carbocycles. The number of methoxy groups -OCH3 is 2. The van der Waals surface area contributed by atoms with E-state index in [4.69, 9.17) is 18.9 Å². The summed E-state index contributed by atoms with van der Waals surface area (Å²) >= 11 is 0. The normalized spacial score (nSPS) is 13.2. The van der Waals surface area contributed by atoms with Crippen LogP contribution in [0.25, 0.3) is 0 Å². The van der Waals surface area contributed by atoms with E-state index in [0.29, 0.717) is 19.1 Å². The van der Waals surface area contributed by atoms with Gasteiger partial charge < -0.3 is 24.1 Å². The minimum atomic E-state index is -0.863. The molecule has 168 valence electrons. The van der Waals surface area contributed by atoms with Crippen molar-refractivity contribution in [2.45, 2.75) is 46.0 Å². The molecule has 0 amide bonds. The number of carbonyl (C=O) groups is 1. The van der Waals surface area contributed by atoms with E-state index in [1.807, 2.05) is 51.1 Å². The van der Waals surface area contributed by atoms with Crippen molar-refractivity contribution in [1.82, 2.24) is 0 Å². The quantitative estimate of drug-likeness (QED) is 0.246. The lowest BCUT2D eigenvalue weighted by molar-refractivity contribution is -0.140. The first-order chi connectivity index (χ1) is 14.5. The van der Waals surface area contributed by atoms with Gasteiger partial charge in [0.1, 0.15) is 12.5 Å². The first kappa shape index (κ1) is 25.9. The van der Waals surface area contributed by atoms with Gasteiger partial charge in [-0.15, -0.1) is 0 Å². The number of aryl methyl sites for hydroxylation is 1. The molecule has 0 aliphatic heterocycles. The molecule has 0 radical (unpaired) electrons. The van der Waals surface area contributed by atoms with Crippen LogP contribution in [0.5, 0.6) is 5.75 Å². The molecule has 1 N–H and O–H groups in total. The standard InChI is InChI=1S/C24H36O6/c1-6-10-20(22(24(25)26)15-18(2)3)21-13-9-12-19(23(21)30-17-28-5)11-7-8-14-29-16-27-4/h6,9-10,12-13,15,20,22H,7-8,11,14,16-17H2,1-5H3,(H,25,26)/b10-6+/t20-,22-/m1/s1. The Morgan fingerprint density at radius 2 is 1.87 bits per heavy atom. The number of benzene rings is 1. The Hall–Kier alpha value is -2.15. The number of ether oxygens (including phenoxy) is 4. The number of allylic oxidation sites excluding steroid dienone is 3. The van der Waals surface area contributed by atoms with Gasteiger partial charge in [-0.25, -0.2) is 0 Å². The van der Waals surface area contributed by atoms with Gasteiger partial charge in [0.15, 0.2) is 6.79 Å². The first-order valence-corrected chi connectivity index (χ1v) is 10.3. The summed E-state index contributed by atoms with van der Waals surface area (Å²) in [7, 11) is 3.17. The SMILES string of the molecule is C/C=C/[C@H](c1cccc(CCCCOCOC)c1OCOC)[C@@H](C=C(C)C)C(=O)O. The lowest BCUT2D eigenvalue weighted by Crippen LogP contribution is -2.20. The fourth-order valence-corrected chi connectivity index (χ4v) is 3.33. The van der Waals surface area contributed by atoms with E-state index in [0.717, 1.165) is 36.0 Å². The number of carboxylic acid groups (broad SMARTS) is 1. The predicted molar refractivity (Wildman–Crippen MR) is 118 cm³/mol. The lowest BCUT2D eigenvalue weighted by atomic mass is 9.83. The fraction of sp³-hybridized carbons (Fsp3) is 0.542. The minimum Gasteiger partial charge on any atom is -0.481 e. The summed E-state index contributed by atoms with van der Waals surface area (Å²) in [6.45, 7) is 6.74. The van der Waals surface area contributed by atoms with E-state index in [9.17, 15) is 9.90 Å². The molecule has 6 nitrogen and oxygen atoms in total. The van der Waals surface area contributed by atoms with Crippen molar-refractivity contribution in [3.8, 4) is 5.75 Å². The molecule has 30 heavy (non-hydrogen) atoms. The van der Waals surface area contributed by atoms with Gasteiger partial charge in [-0.3, -0.25) is 4.79 Å². The maximum Gasteiger partial charge on any atom is 0.311 e. The van der Waals surface area contributed by atoms with Crippen LogP contribution in [0.15, 0.2) is 42.0 Å². The van der Waals surface area contributed by atoms with Crippen LogP contribution < -0.4 is 4.74 Å². The molecule has 0 aliphatic rings. The Balaban J connectivity index is 3.23. The highest BCUT2D eigenvalue weighted by Crippen LogP contribution is 2.37. The van der Waals surface area contributed by atoms with Gasteiger partial charge in [0.2, 0.25) is 0 Å². The average Bonchev–Trinajstić information content (AvgIpc) is 2.71. The lowest BCUT2D eigenvalue weighted by Gasteiger charge is -2.24. The van der Waals surface area contributed by atoms with Crippen molar-refractivity contribution < 1.29 is 28.8 Å². The zero-order valence-electron chi connectivity index (χ0n) is 18.8. The van der Waals surface area contributed by atoms with Crippen LogP contribution in [0, 0.1) is 5.92 Å². The monoisotopic (exact) mass is 420 g/mol. The van der Waals surface area contributed by atoms with Crippen LogP contribution >= 0.6 is 0 Å². The summed E-state index contributed by atoms with van der Waals surface area (Å²) in [4.78, 5) is 12.1.